The number of benzene rings is 3. The van der Waals surface area contributed by atoms with E-state index in [9.17, 15) is 0 Å². The third kappa shape index (κ3) is 3.13. The highest BCUT2D eigenvalue weighted by molar-refractivity contribution is 6.09. The Balaban J connectivity index is 1.63. The molecule has 5 heteroatoms. The van der Waals surface area contributed by atoms with Gasteiger partial charge in [-0.05, 0) is 42.5 Å². The molecule has 3 heterocycles. The summed E-state index contributed by atoms with van der Waals surface area (Å²) in [5.41, 5.74) is 7.04. The van der Waals surface area contributed by atoms with Crippen molar-refractivity contribution in [2.24, 2.45) is 0 Å². The normalized spacial score (nSPS) is 11.0. The summed E-state index contributed by atoms with van der Waals surface area (Å²) in [5, 5.41) is 11.5. The number of rotatable bonds is 3. The highest BCUT2D eigenvalue weighted by atomic mass is 15.0. The van der Waals surface area contributed by atoms with Crippen LogP contribution in [0.5, 0.6) is 0 Å². The maximum atomic E-state index is 9.08. The minimum atomic E-state index is 0.292. The van der Waals surface area contributed by atoms with Crippen LogP contribution in [0.4, 0.5) is 0 Å². The van der Waals surface area contributed by atoms with E-state index in [0.29, 0.717) is 11.4 Å². The van der Waals surface area contributed by atoms with Gasteiger partial charge in [0.2, 0.25) is 0 Å². The third-order valence-electron chi connectivity index (χ3n) is 5.82. The van der Waals surface area contributed by atoms with Crippen LogP contribution in [0.25, 0.3) is 50.0 Å². The van der Waals surface area contributed by atoms with Crippen LogP contribution in [-0.2, 0) is 0 Å². The van der Waals surface area contributed by atoms with Gasteiger partial charge in [0.05, 0.1) is 34.8 Å². The van der Waals surface area contributed by atoms with Gasteiger partial charge in [-0.15, -0.1) is 0 Å². The molecule has 6 aromatic rings. The summed E-state index contributed by atoms with van der Waals surface area (Å²) in [7, 11) is 0. The van der Waals surface area contributed by atoms with E-state index < -0.39 is 0 Å². The number of nitriles is 1. The number of hydrogen-bond acceptors (Lipinski definition) is 4. The lowest BCUT2D eigenvalue weighted by atomic mass is 10.00. The Hall–Kier alpha value is -4.82. The highest BCUT2D eigenvalue weighted by Crippen LogP contribution is 2.36. The summed E-state index contributed by atoms with van der Waals surface area (Å²) in [5.74, 6) is 0. The quantitative estimate of drug-likeness (QED) is 0.341. The van der Waals surface area contributed by atoms with Gasteiger partial charge in [0.25, 0.3) is 0 Å². The van der Waals surface area contributed by atoms with Crippen molar-refractivity contribution in [2.45, 2.75) is 0 Å². The van der Waals surface area contributed by atoms with Crippen molar-refractivity contribution >= 4 is 21.8 Å². The zero-order valence-corrected chi connectivity index (χ0v) is 17.6. The fourth-order valence-corrected chi connectivity index (χ4v) is 4.35. The fraction of sp³-hybridized carbons (Fsp3) is 0. The molecule has 5 nitrogen and oxygen atoms in total. The molecule has 3 aromatic carbocycles. The number of hydrogen-bond donors (Lipinski definition) is 0. The molecule has 0 amide bonds. The second kappa shape index (κ2) is 7.70. The molecule has 0 bridgehead atoms. The second-order valence-corrected chi connectivity index (χ2v) is 7.71. The van der Waals surface area contributed by atoms with E-state index in [-0.39, 0.29) is 0 Å². The standard InChI is InChI=1S/C28H17N5/c29-16-19-17-32-26(18-31-19)21-13-12-20(15-24(21)25-9-5-6-14-30-25)33-27-10-3-1-7-22(27)23-8-2-4-11-28(23)33/h1-15,17-18H. The van der Waals surface area contributed by atoms with Crippen LogP contribution in [0.1, 0.15) is 5.69 Å². The van der Waals surface area contributed by atoms with Gasteiger partial charge in [-0.3, -0.25) is 9.97 Å². The molecular formula is C28H17N5. The van der Waals surface area contributed by atoms with Crippen molar-refractivity contribution in [1.82, 2.24) is 19.5 Å². The van der Waals surface area contributed by atoms with E-state index in [4.69, 9.17) is 5.26 Å². The Morgan fingerprint density at radius 3 is 2.00 bits per heavy atom. The van der Waals surface area contributed by atoms with E-state index in [1.165, 1.54) is 17.0 Å². The van der Waals surface area contributed by atoms with Crippen LogP contribution in [0.2, 0.25) is 0 Å². The lowest BCUT2D eigenvalue weighted by Crippen LogP contribution is -1.98. The van der Waals surface area contributed by atoms with E-state index in [2.05, 4.69) is 86.2 Å². The zero-order valence-electron chi connectivity index (χ0n) is 17.6. The van der Waals surface area contributed by atoms with Gasteiger partial charge >= 0.3 is 0 Å². The summed E-state index contributed by atoms with van der Waals surface area (Å²) in [4.78, 5) is 13.3. The second-order valence-electron chi connectivity index (χ2n) is 7.71. The number of pyridine rings is 1. The zero-order chi connectivity index (χ0) is 22.2. The molecule has 154 valence electrons. The number of nitrogens with zero attached hydrogens (tertiary/aromatic N) is 5. The molecule has 0 fully saturated rings. The predicted molar refractivity (Wildman–Crippen MR) is 130 cm³/mol. The predicted octanol–water partition coefficient (Wildman–Crippen LogP) is 6.17. The molecule has 0 N–H and O–H groups in total. The molecular weight excluding hydrogens is 406 g/mol. The average Bonchev–Trinajstić information content (AvgIpc) is 3.23. The Bertz CT molecular complexity index is 1610. The minimum Gasteiger partial charge on any atom is -0.309 e. The molecule has 6 rings (SSSR count). The van der Waals surface area contributed by atoms with Crippen LogP contribution >= 0.6 is 0 Å². The molecule has 0 unspecified atom stereocenters. The molecule has 0 radical (unpaired) electrons. The van der Waals surface area contributed by atoms with Crippen molar-refractivity contribution in [1.29, 1.82) is 5.26 Å². The molecule has 0 spiro atoms. The maximum absolute atomic E-state index is 9.08. The smallest absolute Gasteiger partial charge is 0.158 e. The minimum absolute atomic E-state index is 0.292. The Labute approximate surface area is 190 Å². The van der Waals surface area contributed by atoms with Crippen LogP contribution < -0.4 is 0 Å². The molecule has 0 aliphatic rings. The molecule has 0 aliphatic carbocycles. The first kappa shape index (κ1) is 18.9. The summed E-state index contributed by atoms with van der Waals surface area (Å²) >= 11 is 0. The lowest BCUT2D eigenvalue weighted by molar-refractivity contribution is 1.16. The van der Waals surface area contributed by atoms with E-state index >= 15 is 0 Å². The molecule has 0 aliphatic heterocycles. The number of para-hydroxylation sites is 2. The van der Waals surface area contributed by atoms with E-state index in [1.807, 2.05) is 24.3 Å². The van der Waals surface area contributed by atoms with Crippen molar-refractivity contribution in [3.8, 4) is 34.3 Å². The maximum Gasteiger partial charge on any atom is 0.158 e. The summed E-state index contributed by atoms with van der Waals surface area (Å²) in [6, 6.07) is 31.1. The Morgan fingerprint density at radius 1 is 0.636 bits per heavy atom. The molecule has 0 atom stereocenters. The average molecular weight is 423 g/mol. The van der Waals surface area contributed by atoms with Crippen molar-refractivity contribution in [3.05, 3.63) is 109 Å². The van der Waals surface area contributed by atoms with Crippen LogP contribution in [0.3, 0.4) is 0 Å². The largest absolute Gasteiger partial charge is 0.309 e. The summed E-state index contributed by atoms with van der Waals surface area (Å²) in [6.07, 6.45) is 4.93. The third-order valence-corrected chi connectivity index (χ3v) is 5.82. The van der Waals surface area contributed by atoms with Gasteiger partial charge < -0.3 is 4.57 Å². The SMILES string of the molecule is N#Cc1cnc(-c2ccc(-n3c4ccccc4c4ccccc43)cc2-c2ccccn2)cn1. The van der Waals surface area contributed by atoms with Gasteiger partial charge in [0.1, 0.15) is 6.07 Å². The number of aromatic nitrogens is 4. The van der Waals surface area contributed by atoms with Crippen molar-refractivity contribution in [2.75, 3.05) is 0 Å². The van der Waals surface area contributed by atoms with Gasteiger partial charge in [-0.2, -0.15) is 5.26 Å². The topological polar surface area (TPSA) is 67.4 Å². The molecule has 3 aromatic heterocycles. The monoisotopic (exact) mass is 423 g/mol. The first-order valence-electron chi connectivity index (χ1n) is 10.6. The van der Waals surface area contributed by atoms with Crippen LogP contribution in [-0.4, -0.2) is 19.5 Å². The highest BCUT2D eigenvalue weighted by Gasteiger charge is 2.16. The van der Waals surface area contributed by atoms with Gasteiger partial charge in [-0.25, -0.2) is 4.98 Å². The first-order chi connectivity index (χ1) is 16.3. The molecule has 33 heavy (non-hydrogen) atoms. The summed E-state index contributed by atoms with van der Waals surface area (Å²) < 4.78 is 2.28. The Kier molecular flexibility index (Phi) is 4.41. The van der Waals surface area contributed by atoms with Crippen molar-refractivity contribution in [3.63, 3.8) is 0 Å². The summed E-state index contributed by atoms with van der Waals surface area (Å²) in [6.45, 7) is 0. The lowest BCUT2D eigenvalue weighted by Gasteiger charge is -2.14. The fourth-order valence-electron chi connectivity index (χ4n) is 4.35. The Morgan fingerprint density at radius 2 is 1.36 bits per heavy atom. The van der Waals surface area contributed by atoms with E-state index in [0.717, 1.165) is 33.5 Å². The first-order valence-corrected chi connectivity index (χ1v) is 10.6. The molecule has 0 saturated carbocycles. The number of fused-ring (bicyclic) bond motifs is 3. The van der Waals surface area contributed by atoms with Crippen LogP contribution in [0, 0.1) is 11.3 Å². The van der Waals surface area contributed by atoms with Crippen molar-refractivity contribution < 1.29 is 0 Å². The van der Waals surface area contributed by atoms with Gasteiger partial charge in [0.15, 0.2) is 5.69 Å². The van der Waals surface area contributed by atoms with Gasteiger partial charge in [-0.1, -0.05) is 42.5 Å². The molecule has 0 saturated heterocycles. The van der Waals surface area contributed by atoms with E-state index in [1.54, 1.807) is 12.4 Å². The van der Waals surface area contributed by atoms with Crippen LogP contribution in [0.15, 0.2) is 104 Å². The van der Waals surface area contributed by atoms with Gasteiger partial charge in [0, 0.05) is 33.8 Å².